The monoisotopic (exact) mass is 487 g/mol. The lowest BCUT2D eigenvalue weighted by Gasteiger charge is -2.26. The highest BCUT2D eigenvalue weighted by Crippen LogP contribution is 2.43. The summed E-state index contributed by atoms with van der Waals surface area (Å²) < 4.78 is 5.31. The highest BCUT2D eigenvalue weighted by Gasteiger charge is 2.47. The van der Waals surface area contributed by atoms with E-state index in [2.05, 4.69) is 5.32 Å². The first kappa shape index (κ1) is 24.1. The molecular formula is C26H21N3O7. The van der Waals surface area contributed by atoms with Gasteiger partial charge in [-0.2, -0.15) is 0 Å². The molecule has 1 heterocycles. The van der Waals surface area contributed by atoms with Gasteiger partial charge in [0.25, 0.3) is 17.4 Å². The summed E-state index contributed by atoms with van der Waals surface area (Å²) in [5.74, 6) is -2.02. The van der Waals surface area contributed by atoms with Crippen molar-refractivity contribution in [1.29, 1.82) is 0 Å². The van der Waals surface area contributed by atoms with Crippen molar-refractivity contribution in [2.45, 2.75) is 13.0 Å². The molecule has 0 bridgehead atoms. The van der Waals surface area contributed by atoms with Gasteiger partial charge in [-0.25, -0.2) is 0 Å². The van der Waals surface area contributed by atoms with Crippen molar-refractivity contribution in [3.8, 4) is 5.75 Å². The molecule has 0 radical (unpaired) electrons. The highest BCUT2D eigenvalue weighted by molar-refractivity contribution is 6.51. The van der Waals surface area contributed by atoms with Crippen LogP contribution in [0.2, 0.25) is 0 Å². The summed E-state index contributed by atoms with van der Waals surface area (Å²) in [6.07, 6.45) is 0. The van der Waals surface area contributed by atoms with Crippen LogP contribution >= 0.6 is 0 Å². The van der Waals surface area contributed by atoms with E-state index in [1.807, 2.05) is 0 Å². The molecule has 182 valence electrons. The maximum atomic E-state index is 13.2. The van der Waals surface area contributed by atoms with Crippen LogP contribution in [-0.2, 0) is 14.4 Å². The summed E-state index contributed by atoms with van der Waals surface area (Å²) in [7, 11) is 1.48. The molecule has 3 aromatic carbocycles. The van der Waals surface area contributed by atoms with Crippen molar-refractivity contribution >= 4 is 40.4 Å². The van der Waals surface area contributed by atoms with Gasteiger partial charge in [0, 0.05) is 36.0 Å². The zero-order valence-corrected chi connectivity index (χ0v) is 19.3. The Bertz CT molecular complexity index is 1400. The Morgan fingerprint density at radius 2 is 1.72 bits per heavy atom. The normalized spacial score (nSPS) is 16.6. The van der Waals surface area contributed by atoms with Gasteiger partial charge in [-0.3, -0.25) is 29.4 Å². The number of nitro groups is 1. The molecule has 1 saturated heterocycles. The fraction of sp³-hybridized carbons (Fsp3) is 0.115. The van der Waals surface area contributed by atoms with Crippen LogP contribution in [0.1, 0.15) is 24.1 Å². The second-order valence-electron chi connectivity index (χ2n) is 7.98. The molecule has 3 aromatic rings. The first-order chi connectivity index (χ1) is 17.2. The van der Waals surface area contributed by atoms with Crippen LogP contribution < -0.4 is 15.0 Å². The summed E-state index contributed by atoms with van der Waals surface area (Å²) in [5, 5.41) is 24.8. The van der Waals surface area contributed by atoms with Gasteiger partial charge in [0.15, 0.2) is 0 Å². The molecule has 0 aliphatic carbocycles. The Balaban J connectivity index is 1.87. The second kappa shape index (κ2) is 9.71. The Labute approximate surface area is 205 Å². The Hall–Kier alpha value is -4.99. The molecule has 0 spiro atoms. The maximum Gasteiger partial charge on any atom is 0.300 e. The van der Waals surface area contributed by atoms with Crippen LogP contribution in [0.25, 0.3) is 5.76 Å². The summed E-state index contributed by atoms with van der Waals surface area (Å²) in [6, 6.07) is 17.1. The Morgan fingerprint density at radius 3 is 2.31 bits per heavy atom. The van der Waals surface area contributed by atoms with Gasteiger partial charge in [0.05, 0.1) is 23.6 Å². The lowest BCUT2D eigenvalue weighted by atomic mass is 9.95. The van der Waals surface area contributed by atoms with E-state index in [4.69, 9.17) is 4.74 Å². The zero-order valence-electron chi connectivity index (χ0n) is 19.3. The number of methoxy groups -OCH3 is 1. The fourth-order valence-corrected chi connectivity index (χ4v) is 4.03. The number of ether oxygens (including phenoxy) is 1. The molecule has 1 aliphatic heterocycles. The summed E-state index contributed by atoms with van der Waals surface area (Å²) in [6.45, 7) is 1.37. The van der Waals surface area contributed by atoms with Crippen LogP contribution in [0, 0.1) is 10.1 Å². The summed E-state index contributed by atoms with van der Waals surface area (Å²) in [5.41, 5.74) is 1.16. The van der Waals surface area contributed by atoms with E-state index in [1.54, 1.807) is 48.5 Å². The van der Waals surface area contributed by atoms with Crippen molar-refractivity contribution < 1.29 is 29.2 Å². The lowest BCUT2D eigenvalue weighted by Crippen LogP contribution is -2.29. The first-order valence-corrected chi connectivity index (χ1v) is 10.8. The largest absolute Gasteiger partial charge is 0.507 e. The molecule has 1 unspecified atom stereocenters. The number of Topliss-reactive ketones (excluding diaryl/α,β-unsaturated/α-hetero) is 1. The molecule has 2 amide bonds. The van der Waals surface area contributed by atoms with Crippen LogP contribution in [0.3, 0.4) is 0 Å². The van der Waals surface area contributed by atoms with E-state index in [9.17, 15) is 29.6 Å². The van der Waals surface area contributed by atoms with Gasteiger partial charge < -0.3 is 15.2 Å². The molecular weight excluding hydrogens is 466 g/mol. The quantitative estimate of drug-likeness (QED) is 0.175. The number of ketones is 1. The standard InChI is InChI=1S/C26H21N3O7/c1-15(30)27-18-8-12-19(13-9-18)28-23(17-4-3-5-21(14-17)36-2)22(25(32)26(28)33)24(31)16-6-10-20(11-7-16)29(34)35/h3-14,23,31H,1-2H3,(H,27,30)/b24-22-. The minimum atomic E-state index is -1.01. The maximum absolute atomic E-state index is 13.2. The minimum absolute atomic E-state index is 0.146. The number of nitro benzene ring substituents is 1. The van der Waals surface area contributed by atoms with E-state index >= 15 is 0 Å². The smallest absolute Gasteiger partial charge is 0.300 e. The van der Waals surface area contributed by atoms with Gasteiger partial charge in [-0.15, -0.1) is 0 Å². The van der Waals surface area contributed by atoms with Crippen molar-refractivity contribution in [3.63, 3.8) is 0 Å². The molecule has 0 saturated carbocycles. The molecule has 1 atom stereocenters. The van der Waals surface area contributed by atoms with Gasteiger partial charge in [-0.1, -0.05) is 12.1 Å². The number of nitrogens with zero attached hydrogens (tertiary/aromatic N) is 2. The number of carbonyl (C=O) groups excluding carboxylic acids is 3. The van der Waals surface area contributed by atoms with Gasteiger partial charge in [0.1, 0.15) is 11.5 Å². The Kier molecular flexibility index (Phi) is 6.51. The molecule has 36 heavy (non-hydrogen) atoms. The molecule has 10 heteroatoms. The second-order valence-corrected chi connectivity index (χ2v) is 7.98. The molecule has 4 rings (SSSR count). The van der Waals surface area contributed by atoms with Crippen molar-refractivity contribution in [2.24, 2.45) is 0 Å². The zero-order chi connectivity index (χ0) is 26.0. The molecule has 2 N–H and O–H groups in total. The predicted molar refractivity (Wildman–Crippen MR) is 132 cm³/mol. The van der Waals surface area contributed by atoms with E-state index < -0.39 is 28.4 Å². The van der Waals surface area contributed by atoms with Crippen molar-refractivity contribution in [1.82, 2.24) is 0 Å². The molecule has 10 nitrogen and oxygen atoms in total. The number of aliphatic hydroxyl groups excluding tert-OH is 1. The summed E-state index contributed by atoms with van der Waals surface area (Å²) in [4.78, 5) is 49.5. The fourth-order valence-electron chi connectivity index (χ4n) is 4.03. The van der Waals surface area contributed by atoms with E-state index in [1.165, 1.54) is 43.2 Å². The number of aliphatic hydroxyl groups is 1. The average Bonchev–Trinajstić information content (AvgIpc) is 3.14. The number of anilines is 2. The average molecular weight is 487 g/mol. The lowest BCUT2D eigenvalue weighted by molar-refractivity contribution is -0.384. The van der Waals surface area contributed by atoms with Crippen LogP contribution in [0.15, 0.2) is 78.4 Å². The number of benzene rings is 3. The highest BCUT2D eigenvalue weighted by atomic mass is 16.6. The predicted octanol–water partition coefficient (Wildman–Crippen LogP) is 4.19. The third-order valence-electron chi connectivity index (χ3n) is 5.67. The van der Waals surface area contributed by atoms with E-state index in [0.29, 0.717) is 22.7 Å². The van der Waals surface area contributed by atoms with Gasteiger partial charge in [-0.05, 0) is 54.1 Å². The van der Waals surface area contributed by atoms with Gasteiger partial charge >= 0.3 is 0 Å². The number of non-ortho nitro benzene ring substituents is 1. The van der Waals surface area contributed by atoms with Crippen molar-refractivity contribution in [3.05, 3.63) is 99.6 Å². The molecule has 1 aliphatic rings. The van der Waals surface area contributed by atoms with Gasteiger partial charge in [0.2, 0.25) is 5.91 Å². The minimum Gasteiger partial charge on any atom is -0.507 e. The molecule has 1 fully saturated rings. The third-order valence-corrected chi connectivity index (χ3v) is 5.67. The van der Waals surface area contributed by atoms with Crippen LogP contribution in [0.5, 0.6) is 5.75 Å². The van der Waals surface area contributed by atoms with Crippen molar-refractivity contribution in [2.75, 3.05) is 17.3 Å². The van der Waals surface area contributed by atoms with E-state index in [0.717, 1.165) is 0 Å². The van der Waals surface area contributed by atoms with E-state index in [-0.39, 0.29) is 22.7 Å². The van der Waals surface area contributed by atoms with Crippen LogP contribution in [-0.4, -0.2) is 34.7 Å². The van der Waals surface area contributed by atoms with Crippen LogP contribution in [0.4, 0.5) is 17.1 Å². The number of amides is 2. The number of hydrogen-bond donors (Lipinski definition) is 2. The molecule has 0 aromatic heterocycles. The first-order valence-electron chi connectivity index (χ1n) is 10.8. The number of carbonyl (C=O) groups is 3. The number of hydrogen-bond acceptors (Lipinski definition) is 7. The third kappa shape index (κ3) is 4.51. The Morgan fingerprint density at radius 1 is 1.06 bits per heavy atom. The number of nitrogens with one attached hydrogen (secondary N) is 1. The number of rotatable bonds is 6. The SMILES string of the molecule is COc1cccc(C2/C(=C(/O)c3ccc([N+](=O)[O-])cc3)C(=O)C(=O)N2c2ccc(NC(C)=O)cc2)c1. The summed E-state index contributed by atoms with van der Waals surface area (Å²) >= 11 is 0. The topological polar surface area (TPSA) is 139 Å².